The predicted molar refractivity (Wildman–Crippen MR) is 95.6 cm³/mol. The van der Waals surface area contributed by atoms with Crippen LogP contribution in [0.25, 0.3) is 11.0 Å². The summed E-state index contributed by atoms with van der Waals surface area (Å²) in [5.74, 6) is -1.65. The zero-order valence-electron chi connectivity index (χ0n) is 15.0. The van der Waals surface area contributed by atoms with Crippen LogP contribution in [0.4, 0.5) is 0 Å². The van der Waals surface area contributed by atoms with Crippen molar-refractivity contribution in [3.05, 3.63) is 38.2 Å². The molecule has 2 aromatic heterocycles. The lowest BCUT2D eigenvalue weighted by atomic mass is 10.0. The highest BCUT2D eigenvalue weighted by atomic mass is 16.4. The quantitative estimate of drug-likeness (QED) is 0.668. The Hall–Kier alpha value is -2.97. The summed E-state index contributed by atoms with van der Waals surface area (Å²) >= 11 is 0. The van der Waals surface area contributed by atoms with E-state index >= 15 is 0 Å². The van der Waals surface area contributed by atoms with E-state index in [1.54, 1.807) is 0 Å². The number of aromatic amines is 1. The molecule has 2 rings (SSSR count). The Bertz CT molecular complexity index is 958. The lowest BCUT2D eigenvalue weighted by Gasteiger charge is -2.14. The molecule has 140 valence electrons. The fourth-order valence-electron chi connectivity index (χ4n) is 2.58. The number of hydrogen-bond acceptors (Lipinski definition) is 5. The number of rotatable bonds is 7. The summed E-state index contributed by atoms with van der Waals surface area (Å²) in [5.41, 5.74) is -0.459. The van der Waals surface area contributed by atoms with E-state index in [9.17, 15) is 19.2 Å². The molecule has 0 aliphatic heterocycles. The zero-order valence-corrected chi connectivity index (χ0v) is 15.0. The molecule has 0 saturated heterocycles. The molecule has 0 atom stereocenters. The van der Waals surface area contributed by atoms with Gasteiger partial charge in [0.1, 0.15) is 0 Å². The van der Waals surface area contributed by atoms with Crippen LogP contribution in [0.2, 0.25) is 0 Å². The second kappa shape index (κ2) is 7.94. The van der Waals surface area contributed by atoms with E-state index in [0.717, 1.165) is 0 Å². The van der Waals surface area contributed by atoms with E-state index in [0.29, 0.717) is 18.7 Å². The molecule has 0 aliphatic carbocycles. The fourth-order valence-corrected chi connectivity index (χ4v) is 2.58. The minimum Gasteiger partial charge on any atom is -0.481 e. The van der Waals surface area contributed by atoms with Crippen LogP contribution in [0.15, 0.2) is 15.7 Å². The molecule has 2 aromatic rings. The Morgan fingerprint density at radius 1 is 1.35 bits per heavy atom. The van der Waals surface area contributed by atoms with Gasteiger partial charge in [0.2, 0.25) is 0 Å². The first-order valence-corrected chi connectivity index (χ1v) is 8.44. The van der Waals surface area contributed by atoms with Gasteiger partial charge in [0, 0.05) is 18.8 Å². The number of hydrogen-bond donors (Lipinski definition) is 3. The minimum atomic E-state index is -1.04. The molecule has 3 N–H and O–H groups in total. The highest BCUT2D eigenvalue weighted by Crippen LogP contribution is 2.19. The van der Waals surface area contributed by atoms with Crippen molar-refractivity contribution in [1.82, 2.24) is 19.9 Å². The Balaban J connectivity index is 2.70. The van der Waals surface area contributed by atoms with Gasteiger partial charge in [0.25, 0.3) is 11.5 Å². The number of nitrogens with one attached hydrogen (secondary N) is 2. The van der Waals surface area contributed by atoms with Crippen molar-refractivity contribution in [2.45, 2.75) is 46.1 Å². The van der Waals surface area contributed by atoms with Crippen LogP contribution in [0.5, 0.6) is 0 Å². The van der Waals surface area contributed by atoms with Crippen molar-refractivity contribution in [2.75, 3.05) is 6.54 Å². The monoisotopic (exact) mass is 362 g/mol. The lowest BCUT2D eigenvalue weighted by Crippen LogP contribution is -2.34. The van der Waals surface area contributed by atoms with Crippen molar-refractivity contribution >= 4 is 22.9 Å². The molecule has 0 radical (unpaired) electrons. The van der Waals surface area contributed by atoms with E-state index < -0.39 is 23.1 Å². The van der Waals surface area contributed by atoms with Gasteiger partial charge in [-0.3, -0.25) is 23.9 Å². The summed E-state index contributed by atoms with van der Waals surface area (Å²) in [6, 6.07) is 1.51. The third-order valence-electron chi connectivity index (χ3n) is 3.88. The summed E-state index contributed by atoms with van der Waals surface area (Å²) in [4.78, 5) is 54.4. The molecule has 0 aromatic carbocycles. The Morgan fingerprint density at radius 2 is 2.04 bits per heavy atom. The fraction of sp³-hybridized carbons (Fsp3) is 0.471. The highest BCUT2D eigenvalue weighted by molar-refractivity contribution is 6.05. The second-order valence-electron chi connectivity index (χ2n) is 6.26. The van der Waals surface area contributed by atoms with Crippen molar-refractivity contribution in [1.29, 1.82) is 0 Å². The Labute approximate surface area is 149 Å². The summed E-state index contributed by atoms with van der Waals surface area (Å²) in [7, 11) is 0. The van der Waals surface area contributed by atoms with Crippen molar-refractivity contribution in [3.8, 4) is 0 Å². The van der Waals surface area contributed by atoms with Crippen LogP contribution >= 0.6 is 0 Å². The van der Waals surface area contributed by atoms with Crippen LogP contribution in [0.3, 0.4) is 0 Å². The number of H-pyrrole nitrogens is 1. The summed E-state index contributed by atoms with van der Waals surface area (Å²) in [6.07, 6.45) is 0.414. The van der Waals surface area contributed by atoms with Crippen LogP contribution in [-0.2, 0) is 11.3 Å². The van der Waals surface area contributed by atoms with E-state index in [1.165, 1.54) is 10.6 Å². The zero-order chi connectivity index (χ0) is 19.4. The van der Waals surface area contributed by atoms with Crippen LogP contribution in [0, 0.1) is 0 Å². The van der Waals surface area contributed by atoms with Crippen LogP contribution in [-0.4, -0.2) is 38.1 Å². The molecule has 0 unspecified atom stereocenters. The topological polar surface area (TPSA) is 134 Å². The maximum atomic E-state index is 12.5. The van der Waals surface area contributed by atoms with Crippen LogP contribution < -0.4 is 16.6 Å². The molecular formula is C17H22N4O5. The number of aryl methyl sites for hydroxylation is 1. The molecule has 0 spiro atoms. The average molecular weight is 362 g/mol. The van der Waals surface area contributed by atoms with E-state index in [2.05, 4.69) is 15.3 Å². The molecule has 26 heavy (non-hydrogen) atoms. The summed E-state index contributed by atoms with van der Waals surface area (Å²) < 4.78 is 1.34. The molecule has 0 aliphatic rings. The predicted octanol–water partition coefficient (Wildman–Crippen LogP) is 0.823. The number of aliphatic carboxylic acids is 1. The van der Waals surface area contributed by atoms with Crippen LogP contribution in [0.1, 0.15) is 55.6 Å². The Morgan fingerprint density at radius 3 is 2.62 bits per heavy atom. The lowest BCUT2D eigenvalue weighted by molar-refractivity contribution is -0.136. The number of amides is 1. The van der Waals surface area contributed by atoms with Gasteiger partial charge < -0.3 is 10.4 Å². The molecule has 0 saturated carbocycles. The number of fused-ring (bicyclic) bond motifs is 1. The molecule has 9 heteroatoms. The molecule has 0 fully saturated rings. The number of aromatic nitrogens is 3. The molecular weight excluding hydrogens is 340 g/mol. The van der Waals surface area contributed by atoms with Crippen molar-refractivity contribution in [3.63, 3.8) is 0 Å². The third-order valence-corrected chi connectivity index (χ3v) is 3.88. The largest absolute Gasteiger partial charge is 0.481 e. The first-order valence-electron chi connectivity index (χ1n) is 8.44. The van der Waals surface area contributed by atoms with Gasteiger partial charge in [-0.05, 0) is 18.4 Å². The van der Waals surface area contributed by atoms with Gasteiger partial charge in [-0.25, -0.2) is 9.78 Å². The van der Waals surface area contributed by atoms with Crippen molar-refractivity contribution < 1.29 is 14.7 Å². The maximum absolute atomic E-state index is 12.5. The normalized spacial score (nSPS) is 11.1. The SMILES string of the molecule is CCCn1c(=O)[nH]c(=O)c2c(C(=O)NCCC(=O)O)cc(C(C)C)nc21. The van der Waals surface area contributed by atoms with Gasteiger partial charge in [-0.1, -0.05) is 20.8 Å². The van der Waals surface area contributed by atoms with Crippen molar-refractivity contribution in [2.24, 2.45) is 0 Å². The minimum absolute atomic E-state index is 0.0234. The smallest absolute Gasteiger partial charge is 0.329 e. The number of carboxylic acid groups (broad SMARTS) is 1. The number of carbonyl (C=O) groups is 2. The highest BCUT2D eigenvalue weighted by Gasteiger charge is 2.20. The standard InChI is InChI=1S/C17H22N4O5/c1-4-7-21-14-13(16(25)20-17(21)26)10(8-11(19-14)9(2)3)15(24)18-6-5-12(22)23/h8-9H,4-7H2,1-3H3,(H,18,24)(H,22,23)(H,20,25,26). The van der Waals surface area contributed by atoms with E-state index in [4.69, 9.17) is 5.11 Å². The third kappa shape index (κ3) is 3.98. The summed E-state index contributed by atoms with van der Waals surface area (Å²) in [6.45, 7) is 5.93. The van der Waals surface area contributed by atoms with Gasteiger partial charge in [0.05, 0.1) is 17.4 Å². The first-order chi connectivity index (χ1) is 12.3. The number of pyridine rings is 1. The summed E-state index contributed by atoms with van der Waals surface area (Å²) in [5, 5.41) is 11.2. The molecule has 2 heterocycles. The maximum Gasteiger partial charge on any atom is 0.329 e. The number of nitrogens with zero attached hydrogens (tertiary/aromatic N) is 2. The van der Waals surface area contributed by atoms with Gasteiger partial charge in [0.15, 0.2) is 5.65 Å². The Kier molecular flexibility index (Phi) is 5.91. The molecule has 1 amide bonds. The number of carboxylic acids is 1. The van der Waals surface area contributed by atoms with Gasteiger partial charge >= 0.3 is 11.7 Å². The van der Waals surface area contributed by atoms with Gasteiger partial charge in [-0.15, -0.1) is 0 Å². The second-order valence-corrected chi connectivity index (χ2v) is 6.26. The van der Waals surface area contributed by atoms with E-state index in [1.807, 2.05) is 20.8 Å². The average Bonchev–Trinajstić information content (AvgIpc) is 2.56. The van der Waals surface area contributed by atoms with Gasteiger partial charge in [-0.2, -0.15) is 0 Å². The number of carbonyl (C=O) groups excluding carboxylic acids is 1. The molecule has 9 nitrogen and oxygen atoms in total. The molecule has 0 bridgehead atoms. The van der Waals surface area contributed by atoms with E-state index in [-0.39, 0.29) is 35.5 Å². The first kappa shape index (κ1) is 19.4.